The van der Waals surface area contributed by atoms with Crippen LogP contribution in [0.15, 0.2) is 56.6 Å². The summed E-state index contributed by atoms with van der Waals surface area (Å²) in [6, 6.07) is 8.70. The highest BCUT2D eigenvalue weighted by Crippen LogP contribution is 2.40. The van der Waals surface area contributed by atoms with Gasteiger partial charge in [0.05, 0.1) is 32.3 Å². The number of rotatable bonds is 11. The zero-order chi connectivity index (χ0) is 27.5. The molecule has 0 amide bonds. The van der Waals surface area contributed by atoms with Gasteiger partial charge in [-0.3, -0.25) is 0 Å². The fourth-order valence-corrected chi connectivity index (χ4v) is 7.22. The van der Waals surface area contributed by atoms with Gasteiger partial charge in [-0.15, -0.1) is 8.68 Å². The first kappa shape index (κ1) is 27.8. The van der Waals surface area contributed by atoms with Crippen LogP contribution in [0.1, 0.15) is 39.0 Å². The van der Waals surface area contributed by atoms with Gasteiger partial charge in [0.1, 0.15) is 23.6 Å². The number of ether oxygens (including phenoxy) is 3. The van der Waals surface area contributed by atoms with E-state index in [1.54, 1.807) is 13.0 Å². The number of nitrogens with zero attached hydrogens (tertiary/aromatic N) is 4. The Morgan fingerprint density at radius 3 is 2.45 bits per heavy atom. The summed E-state index contributed by atoms with van der Waals surface area (Å²) in [4.78, 5) is 19.1. The first-order valence-corrected chi connectivity index (χ1v) is 15.4. The van der Waals surface area contributed by atoms with Gasteiger partial charge in [0.25, 0.3) is 10.0 Å². The second-order valence-electron chi connectivity index (χ2n) is 9.10. The molecule has 0 saturated carbocycles. The van der Waals surface area contributed by atoms with Gasteiger partial charge in [-0.25, -0.2) is 14.2 Å². The Morgan fingerprint density at radius 1 is 1.11 bits per heavy atom. The van der Waals surface area contributed by atoms with Crippen LogP contribution in [0.25, 0.3) is 10.9 Å². The average Bonchev–Trinajstić information content (AvgIpc) is 2.83. The van der Waals surface area contributed by atoms with E-state index >= 15 is 0 Å². The van der Waals surface area contributed by atoms with E-state index in [1.807, 2.05) is 19.9 Å². The van der Waals surface area contributed by atoms with Crippen molar-refractivity contribution in [3.63, 3.8) is 0 Å². The number of hydrogen-bond donors (Lipinski definition) is 1. The Hall–Kier alpha value is -3.20. The summed E-state index contributed by atoms with van der Waals surface area (Å²) >= 11 is 0. The monoisotopic (exact) mass is 563 g/mol. The molecule has 3 aromatic rings. The molecule has 12 nitrogen and oxygen atoms in total. The van der Waals surface area contributed by atoms with Crippen LogP contribution in [0, 0.1) is 4.91 Å². The van der Waals surface area contributed by atoms with E-state index in [-0.39, 0.29) is 41.7 Å². The number of anilines is 1. The number of fused-ring (bicyclic) bond motifs is 1. The Balaban J connectivity index is 1.49. The van der Waals surface area contributed by atoms with Gasteiger partial charge < -0.3 is 19.5 Å². The lowest BCUT2D eigenvalue weighted by molar-refractivity contribution is -0.382. The number of aromatic nitrogens is 2. The summed E-state index contributed by atoms with van der Waals surface area (Å²) in [6.45, 7) is 5.95. The van der Waals surface area contributed by atoms with Gasteiger partial charge in [-0.2, -0.15) is 8.42 Å². The Morgan fingerprint density at radius 2 is 1.82 bits per heavy atom. The van der Waals surface area contributed by atoms with Crippen LogP contribution in [0.3, 0.4) is 0 Å². The summed E-state index contributed by atoms with van der Waals surface area (Å²) < 4.78 is 59.1. The van der Waals surface area contributed by atoms with Crippen molar-refractivity contribution in [1.82, 2.24) is 9.97 Å². The molecule has 0 spiro atoms. The molecule has 1 aliphatic rings. The van der Waals surface area contributed by atoms with Crippen LogP contribution < -0.4 is 10.1 Å². The van der Waals surface area contributed by atoms with E-state index in [9.17, 15) is 17.5 Å². The number of benzene rings is 2. The standard InChI is InChI=1S/C24H29N5O7S2/c1-15(2)27-23-19-12-20(24-35-16(3)36-24)22(13-21(19)25-14-26-23)34-10-5-11-37(4,31)29-38(32,33)18-8-6-17(28-30)7-9-18/h6-9,12-16,24H,5,10-11H2,1-4H3,(H,25,26,27). The quantitative estimate of drug-likeness (QED) is 0.260. The molecule has 1 aromatic heterocycles. The molecule has 2 heterocycles. The lowest BCUT2D eigenvalue weighted by atomic mass is 10.1. The molecule has 1 unspecified atom stereocenters. The second kappa shape index (κ2) is 11.3. The Labute approximate surface area is 221 Å². The van der Waals surface area contributed by atoms with Crippen LogP contribution in [-0.2, 0) is 29.2 Å². The van der Waals surface area contributed by atoms with Gasteiger partial charge in [0, 0.05) is 29.5 Å². The number of nitrogens with one attached hydrogen (secondary N) is 1. The SMILES string of the molecule is CC(C)Nc1ncnc2cc(OCCCS(C)(=O)=NS(=O)(=O)c3ccc(N=O)cc3)c(C3OC(C)O3)cc12. The zero-order valence-corrected chi connectivity index (χ0v) is 23.0. The summed E-state index contributed by atoms with van der Waals surface area (Å²) in [7, 11) is -7.27. The Kier molecular flexibility index (Phi) is 8.25. The molecule has 2 aromatic carbocycles. The first-order valence-electron chi connectivity index (χ1n) is 11.9. The molecule has 0 aliphatic carbocycles. The van der Waals surface area contributed by atoms with E-state index in [1.165, 1.54) is 36.8 Å². The smallest absolute Gasteiger partial charge is 0.290 e. The molecule has 14 heteroatoms. The van der Waals surface area contributed by atoms with Crippen molar-refractivity contribution in [2.24, 2.45) is 8.94 Å². The third kappa shape index (κ3) is 6.62. The van der Waals surface area contributed by atoms with E-state index < -0.39 is 26.0 Å². The van der Waals surface area contributed by atoms with Crippen LogP contribution in [0.5, 0.6) is 5.75 Å². The van der Waals surface area contributed by atoms with E-state index in [0.29, 0.717) is 22.6 Å². The molecule has 0 radical (unpaired) electrons. The molecule has 204 valence electrons. The maximum absolute atomic E-state index is 12.9. The minimum atomic E-state index is -4.18. The highest BCUT2D eigenvalue weighted by Gasteiger charge is 2.32. The van der Waals surface area contributed by atoms with E-state index in [2.05, 4.69) is 24.2 Å². The van der Waals surface area contributed by atoms with Crippen molar-refractivity contribution in [2.45, 2.75) is 50.7 Å². The van der Waals surface area contributed by atoms with Crippen LogP contribution in [0.4, 0.5) is 11.5 Å². The van der Waals surface area contributed by atoms with Crippen molar-refractivity contribution >= 4 is 42.2 Å². The summed E-state index contributed by atoms with van der Waals surface area (Å²) in [5.41, 5.74) is 1.40. The average molecular weight is 564 g/mol. The normalized spacial score (nSPS) is 19.0. The second-order valence-corrected chi connectivity index (χ2v) is 13.4. The first-order chi connectivity index (χ1) is 18.0. The van der Waals surface area contributed by atoms with Crippen molar-refractivity contribution in [2.75, 3.05) is 23.9 Å². The maximum Gasteiger partial charge on any atom is 0.290 e. The third-order valence-corrected chi connectivity index (χ3v) is 9.46. The minimum absolute atomic E-state index is 0.0127. The van der Waals surface area contributed by atoms with Crippen molar-refractivity contribution in [3.8, 4) is 5.75 Å². The molecule has 4 rings (SSSR count). The van der Waals surface area contributed by atoms with Gasteiger partial charge in [0.2, 0.25) is 0 Å². The lowest BCUT2D eigenvalue weighted by Crippen LogP contribution is -2.32. The van der Waals surface area contributed by atoms with Crippen molar-refractivity contribution in [1.29, 1.82) is 0 Å². The summed E-state index contributed by atoms with van der Waals surface area (Å²) in [5, 5.41) is 6.82. The highest BCUT2D eigenvalue weighted by molar-refractivity contribution is 8.02. The number of hydrogen-bond acceptors (Lipinski definition) is 11. The van der Waals surface area contributed by atoms with Crippen molar-refractivity contribution < 1.29 is 26.8 Å². The molecule has 1 fully saturated rings. The number of sulfonamides is 1. The Bertz CT molecular complexity index is 1550. The predicted molar refractivity (Wildman–Crippen MR) is 143 cm³/mol. The summed E-state index contributed by atoms with van der Waals surface area (Å²) in [6.07, 6.45) is 2.06. The lowest BCUT2D eigenvalue weighted by Gasteiger charge is -2.34. The molecule has 1 saturated heterocycles. The highest BCUT2D eigenvalue weighted by atomic mass is 32.3. The third-order valence-electron chi connectivity index (χ3n) is 5.50. The van der Waals surface area contributed by atoms with E-state index in [0.717, 1.165) is 5.39 Å². The fourth-order valence-electron chi connectivity index (χ4n) is 3.78. The summed E-state index contributed by atoms with van der Waals surface area (Å²) in [5.74, 6) is 1.15. The van der Waals surface area contributed by atoms with Gasteiger partial charge >= 0.3 is 0 Å². The van der Waals surface area contributed by atoms with Crippen LogP contribution >= 0.6 is 0 Å². The number of nitroso groups, excluding NO2 is 1. The predicted octanol–water partition coefficient (Wildman–Crippen LogP) is 4.50. The molecule has 0 bridgehead atoms. The zero-order valence-electron chi connectivity index (χ0n) is 21.4. The maximum atomic E-state index is 12.9. The minimum Gasteiger partial charge on any atom is -0.493 e. The molecule has 1 aliphatic heterocycles. The fraction of sp³-hybridized carbons (Fsp3) is 0.417. The molecule has 1 N–H and O–H groups in total. The van der Waals surface area contributed by atoms with Gasteiger partial charge in [-0.1, -0.05) is 0 Å². The van der Waals surface area contributed by atoms with Crippen LogP contribution in [-0.4, -0.2) is 53.5 Å². The van der Waals surface area contributed by atoms with Crippen molar-refractivity contribution in [3.05, 3.63) is 53.2 Å². The van der Waals surface area contributed by atoms with Crippen LogP contribution in [0.2, 0.25) is 0 Å². The van der Waals surface area contributed by atoms with Gasteiger partial charge in [-0.05, 0) is 62.7 Å². The molecule has 38 heavy (non-hydrogen) atoms. The molecular formula is C24H29N5O7S2. The van der Waals surface area contributed by atoms with Gasteiger partial charge in [0.15, 0.2) is 12.6 Å². The molecular weight excluding hydrogens is 534 g/mol. The topological polar surface area (TPSA) is 158 Å². The van der Waals surface area contributed by atoms with E-state index in [4.69, 9.17) is 14.2 Å². The largest absolute Gasteiger partial charge is 0.493 e. The molecule has 1 atom stereocenters.